The van der Waals surface area contributed by atoms with Crippen LogP contribution in [-0.4, -0.2) is 36.2 Å². The van der Waals surface area contributed by atoms with Gasteiger partial charge >= 0.3 is 0 Å². The molecule has 1 aliphatic rings. The Morgan fingerprint density at radius 3 is 2.24 bits per heavy atom. The van der Waals surface area contributed by atoms with Crippen molar-refractivity contribution in [1.29, 1.82) is 0 Å². The first kappa shape index (κ1) is 17.3. The molecule has 0 aromatic heterocycles. The predicted octanol–water partition coefficient (Wildman–Crippen LogP) is 3.20. The Morgan fingerprint density at radius 2 is 1.64 bits per heavy atom. The fourth-order valence-electron chi connectivity index (χ4n) is 3.35. The second-order valence-electron chi connectivity index (χ2n) is 6.48. The smallest absolute Gasteiger partial charge is 0.251 e. The number of amides is 1. The van der Waals surface area contributed by atoms with Crippen LogP contribution in [0.4, 0.5) is 4.39 Å². The molecule has 1 fully saturated rings. The Morgan fingerprint density at radius 1 is 1.04 bits per heavy atom. The lowest BCUT2D eigenvalue weighted by Gasteiger charge is -2.26. The fraction of sp³-hybridized carbons (Fsp3) is 0.300. The fourth-order valence-corrected chi connectivity index (χ4v) is 3.35. The average Bonchev–Trinajstić information content (AvgIpc) is 2.96. The molecule has 1 N–H and O–H groups in total. The van der Waals surface area contributed by atoms with Crippen molar-refractivity contribution in [2.75, 3.05) is 13.6 Å². The van der Waals surface area contributed by atoms with Crippen molar-refractivity contribution >= 4 is 11.7 Å². The first-order chi connectivity index (χ1) is 12.0. The molecule has 0 bridgehead atoms. The van der Waals surface area contributed by atoms with E-state index < -0.39 is 0 Å². The van der Waals surface area contributed by atoms with Crippen LogP contribution in [0, 0.1) is 5.82 Å². The molecule has 1 heterocycles. The molecule has 0 spiro atoms. The Hall–Kier alpha value is -2.53. The van der Waals surface area contributed by atoms with E-state index in [9.17, 15) is 14.0 Å². The standard InChI is InChI=1S/C20H21FN2O2/c1-13(24)14-3-5-16(6-4-14)20(25)22-18-11-12-23(2)19(18)15-7-9-17(21)10-8-15/h3-10,18-19H,11-12H2,1-2H3,(H,22,25). The van der Waals surface area contributed by atoms with Gasteiger partial charge in [-0.05, 0) is 50.2 Å². The van der Waals surface area contributed by atoms with Gasteiger partial charge in [0.25, 0.3) is 5.91 Å². The molecule has 5 heteroatoms. The maximum atomic E-state index is 13.2. The van der Waals surface area contributed by atoms with Crippen LogP contribution in [-0.2, 0) is 0 Å². The molecule has 25 heavy (non-hydrogen) atoms. The summed E-state index contributed by atoms with van der Waals surface area (Å²) in [6.45, 7) is 2.35. The van der Waals surface area contributed by atoms with E-state index in [-0.39, 0.29) is 29.6 Å². The number of rotatable bonds is 4. The minimum atomic E-state index is -0.268. The van der Waals surface area contributed by atoms with Crippen molar-refractivity contribution in [3.8, 4) is 0 Å². The van der Waals surface area contributed by atoms with Gasteiger partial charge in [-0.25, -0.2) is 4.39 Å². The molecule has 2 aromatic rings. The van der Waals surface area contributed by atoms with Crippen LogP contribution in [0.3, 0.4) is 0 Å². The summed E-state index contributed by atoms with van der Waals surface area (Å²) in [7, 11) is 2.00. The van der Waals surface area contributed by atoms with Gasteiger partial charge in [0.1, 0.15) is 5.82 Å². The van der Waals surface area contributed by atoms with Gasteiger partial charge in [0.15, 0.2) is 5.78 Å². The molecule has 1 saturated heterocycles. The van der Waals surface area contributed by atoms with Gasteiger partial charge in [-0.1, -0.05) is 24.3 Å². The number of nitrogens with one attached hydrogen (secondary N) is 1. The van der Waals surface area contributed by atoms with Crippen molar-refractivity contribution in [3.63, 3.8) is 0 Å². The summed E-state index contributed by atoms with van der Waals surface area (Å²) in [6, 6.07) is 13.0. The second kappa shape index (κ2) is 7.15. The van der Waals surface area contributed by atoms with E-state index in [0.717, 1.165) is 18.5 Å². The molecule has 2 atom stereocenters. The highest BCUT2D eigenvalue weighted by Crippen LogP contribution is 2.31. The Kier molecular flexibility index (Phi) is 4.95. The monoisotopic (exact) mass is 340 g/mol. The van der Waals surface area contributed by atoms with Crippen LogP contribution in [0.1, 0.15) is 45.7 Å². The molecule has 3 rings (SSSR count). The van der Waals surface area contributed by atoms with Gasteiger partial charge < -0.3 is 5.32 Å². The molecule has 0 aliphatic carbocycles. The largest absolute Gasteiger partial charge is 0.347 e. The van der Waals surface area contributed by atoms with Gasteiger partial charge in [-0.2, -0.15) is 0 Å². The number of likely N-dealkylation sites (tertiary alicyclic amines) is 1. The lowest BCUT2D eigenvalue weighted by atomic mass is 9.99. The van der Waals surface area contributed by atoms with Crippen LogP contribution < -0.4 is 5.32 Å². The zero-order valence-corrected chi connectivity index (χ0v) is 14.3. The minimum Gasteiger partial charge on any atom is -0.347 e. The maximum absolute atomic E-state index is 13.2. The molecule has 2 aromatic carbocycles. The Bertz CT molecular complexity index is 771. The van der Waals surface area contributed by atoms with Gasteiger partial charge in [0, 0.05) is 17.7 Å². The minimum absolute atomic E-state index is 0.0149. The Labute approximate surface area is 146 Å². The van der Waals surface area contributed by atoms with Crippen LogP contribution in [0.25, 0.3) is 0 Å². The third-order valence-corrected chi connectivity index (χ3v) is 4.73. The quantitative estimate of drug-likeness (QED) is 0.870. The molecule has 1 aliphatic heterocycles. The summed E-state index contributed by atoms with van der Waals surface area (Å²) < 4.78 is 13.2. The van der Waals surface area contributed by atoms with E-state index >= 15 is 0 Å². The molecule has 0 radical (unpaired) electrons. The lowest BCUT2D eigenvalue weighted by molar-refractivity contribution is 0.0926. The number of carbonyl (C=O) groups excluding carboxylic acids is 2. The zero-order chi connectivity index (χ0) is 18.0. The highest BCUT2D eigenvalue weighted by Gasteiger charge is 2.34. The van der Waals surface area contributed by atoms with Crippen LogP contribution >= 0.6 is 0 Å². The summed E-state index contributed by atoms with van der Waals surface area (Å²) in [5.74, 6) is -0.459. The summed E-state index contributed by atoms with van der Waals surface area (Å²) in [4.78, 5) is 26.0. The summed E-state index contributed by atoms with van der Waals surface area (Å²) in [5, 5.41) is 3.08. The number of hydrogen-bond donors (Lipinski definition) is 1. The van der Waals surface area contributed by atoms with Crippen LogP contribution in [0.2, 0.25) is 0 Å². The Balaban J connectivity index is 1.75. The molecule has 1 amide bonds. The number of likely N-dealkylation sites (N-methyl/N-ethyl adjacent to an activating group) is 1. The summed E-state index contributed by atoms with van der Waals surface area (Å²) in [5.41, 5.74) is 2.09. The zero-order valence-electron chi connectivity index (χ0n) is 14.3. The van der Waals surface area contributed by atoms with Gasteiger partial charge in [0.05, 0.1) is 12.1 Å². The maximum Gasteiger partial charge on any atom is 0.251 e. The van der Waals surface area contributed by atoms with Crippen LogP contribution in [0.15, 0.2) is 48.5 Å². The third kappa shape index (κ3) is 3.77. The number of hydrogen-bond acceptors (Lipinski definition) is 3. The molecule has 130 valence electrons. The number of carbonyl (C=O) groups is 2. The molecular weight excluding hydrogens is 319 g/mol. The van der Waals surface area contributed by atoms with Crippen molar-refractivity contribution in [1.82, 2.24) is 10.2 Å². The van der Waals surface area contributed by atoms with Crippen molar-refractivity contribution < 1.29 is 14.0 Å². The second-order valence-corrected chi connectivity index (χ2v) is 6.48. The molecule has 4 nitrogen and oxygen atoms in total. The lowest BCUT2D eigenvalue weighted by Crippen LogP contribution is -2.39. The van der Waals surface area contributed by atoms with E-state index in [4.69, 9.17) is 0 Å². The van der Waals surface area contributed by atoms with Gasteiger partial charge in [0.2, 0.25) is 0 Å². The van der Waals surface area contributed by atoms with E-state index in [1.807, 2.05) is 7.05 Å². The normalized spacial score (nSPS) is 20.4. The van der Waals surface area contributed by atoms with E-state index in [2.05, 4.69) is 10.2 Å². The first-order valence-electron chi connectivity index (χ1n) is 8.33. The molecule has 2 unspecified atom stereocenters. The summed E-state index contributed by atoms with van der Waals surface area (Å²) in [6.07, 6.45) is 0.829. The number of ketones is 1. The average molecular weight is 340 g/mol. The van der Waals surface area contributed by atoms with Gasteiger partial charge in [-0.3, -0.25) is 14.5 Å². The number of Topliss-reactive ketones (excluding diaryl/α,β-unsaturated/α-hetero) is 1. The molecule has 0 saturated carbocycles. The van der Waals surface area contributed by atoms with E-state index in [1.165, 1.54) is 19.1 Å². The van der Waals surface area contributed by atoms with Crippen LogP contribution in [0.5, 0.6) is 0 Å². The van der Waals surface area contributed by atoms with Crippen molar-refractivity contribution in [2.24, 2.45) is 0 Å². The van der Waals surface area contributed by atoms with Gasteiger partial charge in [-0.15, -0.1) is 0 Å². The highest BCUT2D eigenvalue weighted by atomic mass is 19.1. The van der Waals surface area contributed by atoms with E-state index in [1.54, 1.807) is 36.4 Å². The summed E-state index contributed by atoms with van der Waals surface area (Å²) >= 11 is 0. The SMILES string of the molecule is CC(=O)c1ccc(C(=O)NC2CCN(C)C2c2ccc(F)cc2)cc1. The number of benzene rings is 2. The van der Waals surface area contributed by atoms with Crippen molar-refractivity contribution in [2.45, 2.75) is 25.4 Å². The number of nitrogens with zero attached hydrogens (tertiary/aromatic N) is 1. The number of halogens is 1. The van der Waals surface area contributed by atoms with E-state index in [0.29, 0.717) is 11.1 Å². The third-order valence-electron chi connectivity index (χ3n) is 4.73. The van der Waals surface area contributed by atoms with Crippen molar-refractivity contribution in [3.05, 3.63) is 71.0 Å². The highest BCUT2D eigenvalue weighted by molar-refractivity contribution is 5.97. The first-order valence-corrected chi connectivity index (χ1v) is 8.33. The molecular formula is C20H21FN2O2. The predicted molar refractivity (Wildman–Crippen MR) is 94.1 cm³/mol. The topological polar surface area (TPSA) is 49.4 Å².